The SMILES string of the molecule is O=C1C(c2ccccc2)=C2CCCC3CCN1C23Cc1ccccc1. The number of benzene rings is 2. The summed E-state index contributed by atoms with van der Waals surface area (Å²) in [5.41, 5.74) is 4.80. The van der Waals surface area contributed by atoms with Crippen LogP contribution in [0.3, 0.4) is 0 Å². The van der Waals surface area contributed by atoms with E-state index in [1.807, 2.05) is 18.2 Å². The average molecular weight is 329 g/mol. The minimum absolute atomic E-state index is 0.0676. The molecule has 1 aliphatic carbocycles. The molecule has 2 aliphatic heterocycles. The zero-order valence-electron chi connectivity index (χ0n) is 14.4. The molecule has 0 bridgehead atoms. The van der Waals surface area contributed by atoms with Crippen LogP contribution in [0.25, 0.3) is 5.57 Å². The fourth-order valence-electron chi connectivity index (χ4n) is 5.52. The van der Waals surface area contributed by atoms with Crippen molar-refractivity contribution in [3.63, 3.8) is 0 Å². The zero-order valence-corrected chi connectivity index (χ0v) is 14.4. The number of carbonyl (C=O) groups is 1. The zero-order chi connectivity index (χ0) is 16.9. The topological polar surface area (TPSA) is 20.3 Å². The van der Waals surface area contributed by atoms with Crippen molar-refractivity contribution < 1.29 is 4.79 Å². The number of rotatable bonds is 3. The minimum atomic E-state index is -0.0676. The molecule has 2 nitrogen and oxygen atoms in total. The van der Waals surface area contributed by atoms with Gasteiger partial charge < -0.3 is 4.90 Å². The lowest BCUT2D eigenvalue weighted by atomic mass is 9.67. The van der Waals surface area contributed by atoms with Gasteiger partial charge in [0.15, 0.2) is 0 Å². The standard InChI is InChI=1S/C23H23NO/c25-22-21(18-10-5-2-6-11-18)20-13-7-12-19-14-15-24(22)23(19,20)16-17-8-3-1-4-9-17/h1-6,8-11,19H,7,12-16H2. The first-order valence-corrected chi connectivity index (χ1v) is 9.45. The minimum Gasteiger partial charge on any atom is -0.329 e. The summed E-state index contributed by atoms with van der Waals surface area (Å²) < 4.78 is 0. The quantitative estimate of drug-likeness (QED) is 0.814. The van der Waals surface area contributed by atoms with Crippen molar-refractivity contribution in [3.8, 4) is 0 Å². The van der Waals surface area contributed by atoms with Crippen molar-refractivity contribution in [1.82, 2.24) is 4.90 Å². The van der Waals surface area contributed by atoms with E-state index in [-0.39, 0.29) is 11.4 Å². The van der Waals surface area contributed by atoms with E-state index in [0.29, 0.717) is 5.92 Å². The summed E-state index contributed by atoms with van der Waals surface area (Å²) in [6.07, 6.45) is 5.66. The first-order valence-electron chi connectivity index (χ1n) is 9.45. The van der Waals surface area contributed by atoms with Crippen LogP contribution in [0.4, 0.5) is 0 Å². The van der Waals surface area contributed by atoms with E-state index in [1.54, 1.807) is 0 Å². The second kappa shape index (κ2) is 5.59. The van der Waals surface area contributed by atoms with Gasteiger partial charge in [0, 0.05) is 12.1 Å². The van der Waals surface area contributed by atoms with Gasteiger partial charge in [0.05, 0.1) is 5.54 Å². The smallest absolute Gasteiger partial charge is 0.255 e. The summed E-state index contributed by atoms with van der Waals surface area (Å²) in [7, 11) is 0. The molecule has 126 valence electrons. The fourth-order valence-corrected chi connectivity index (χ4v) is 5.52. The van der Waals surface area contributed by atoms with Crippen LogP contribution in [-0.2, 0) is 11.2 Å². The monoisotopic (exact) mass is 329 g/mol. The summed E-state index contributed by atoms with van der Waals surface area (Å²) >= 11 is 0. The maximum atomic E-state index is 13.4. The van der Waals surface area contributed by atoms with Gasteiger partial charge >= 0.3 is 0 Å². The Morgan fingerprint density at radius 2 is 1.68 bits per heavy atom. The normalized spacial score (nSPS) is 27.8. The van der Waals surface area contributed by atoms with Gasteiger partial charge in [-0.2, -0.15) is 0 Å². The molecule has 5 rings (SSSR count). The molecule has 2 aromatic carbocycles. The number of amides is 1. The Bertz CT molecular complexity index is 839. The highest BCUT2D eigenvalue weighted by atomic mass is 16.2. The Kier molecular flexibility index (Phi) is 3.34. The van der Waals surface area contributed by atoms with E-state index in [9.17, 15) is 4.79 Å². The molecule has 1 saturated heterocycles. The van der Waals surface area contributed by atoms with Crippen LogP contribution in [0.15, 0.2) is 66.2 Å². The Morgan fingerprint density at radius 3 is 2.44 bits per heavy atom. The molecule has 0 N–H and O–H groups in total. The van der Waals surface area contributed by atoms with E-state index >= 15 is 0 Å². The van der Waals surface area contributed by atoms with E-state index in [4.69, 9.17) is 0 Å². The van der Waals surface area contributed by atoms with Crippen LogP contribution in [-0.4, -0.2) is 22.9 Å². The van der Waals surface area contributed by atoms with Crippen molar-refractivity contribution in [3.05, 3.63) is 77.4 Å². The molecule has 3 aliphatic rings. The van der Waals surface area contributed by atoms with Crippen LogP contribution in [0.5, 0.6) is 0 Å². The predicted octanol–water partition coefficient (Wildman–Crippen LogP) is 4.47. The largest absolute Gasteiger partial charge is 0.329 e. The molecule has 2 aromatic rings. The lowest BCUT2D eigenvalue weighted by molar-refractivity contribution is -0.127. The van der Waals surface area contributed by atoms with Gasteiger partial charge in [-0.05, 0) is 54.7 Å². The number of hydrogen-bond acceptors (Lipinski definition) is 1. The third-order valence-corrected chi connectivity index (χ3v) is 6.50. The summed E-state index contributed by atoms with van der Waals surface area (Å²) in [5.74, 6) is 0.878. The first-order chi connectivity index (χ1) is 12.3. The highest BCUT2D eigenvalue weighted by Gasteiger charge is 2.59. The molecule has 1 saturated carbocycles. The lowest BCUT2D eigenvalue weighted by Gasteiger charge is -2.43. The second-order valence-electron chi connectivity index (χ2n) is 7.64. The Hall–Kier alpha value is -2.35. The first kappa shape index (κ1) is 14.9. The van der Waals surface area contributed by atoms with Gasteiger partial charge in [-0.3, -0.25) is 4.79 Å². The van der Waals surface area contributed by atoms with E-state index in [2.05, 4.69) is 47.4 Å². The van der Waals surface area contributed by atoms with Crippen molar-refractivity contribution in [1.29, 1.82) is 0 Å². The summed E-state index contributed by atoms with van der Waals surface area (Å²) in [6, 6.07) is 21.0. The van der Waals surface area contributed by atoms with Gasteiger partial charge in [0.2, 0.25) is 0 Å². The highest BCUT2D eigenvalue weighted by molar-refractivity contribution is 6.24. The van der Waals surface area contributed by atoms with Crippen LogP contribution in [0, 0.1) is 5.92 Å². The third-order valence-electron chi connectivity index (χ3n) is 6.50. The molecule has 2 heteroatoms. The summed E-state index contributed by atoms with van der Waals surface area (Å²) in [5, 5.41) is 0. The third kappa shape index (κ3) is 2.06. The molecular formula is C23H23NO. The van der Waals surface area contributed by atoms with Crippen molar-refractivity contribution >= 4 is 11.5 Å². The van der Waals surface area contributed by atoms with Gasteiger partial charge in [-0.1, -0.05) is 60.7 Å². The molecule has 2 unspecified atom stereocenters. The molecule has 2 heterocycles. The predicted molar refractivity (Wildman–Crippen MR) is 99.9 cm³/mol. The molecule has 25 heavy (non-hydrogen) atoms. The van der Waals surface area contributed by atoms with Crippen molar-refractivity contribution in [2.45, 2.75) is 37.6 Å². The maximum Gasteiger partial charge on any atom is 0.255 e. The van der Waals surface area contributed by atoms with E-state index in [1.165, 1.54) is 24.0 Å². The van der Waals surface area contributed by atoms with Gasteiger partial charge in [0.1, 0.15) is 0 Å². The molecule has 0 radical (unpaired) electrons. The molecule has 0 aromatic heterocycles. The van der Waals surface area contributed by atoms with Crippen LogP contribution < -0.4 is 0 Å². The molecular weight excluding hydrogens is 306 g/mol. The summed E-state index contributed by atoms with van der Waals surface area (Å²) in [6.45, 7) is 0.913. The molecule has 1 amide bonds. The molecule has 2 atom stereocenters. The summed E-state index contributed by atoms with van der Waals surface area (Å²) in [4.78, 5) is 15.6. The molecule has 0 spiro atoms. The Balaban J connectivity index is 1.69. The van der Waals surface area contributed by atoms with Crippen LogP contribution >= 0.6 is 0 Å². The van der Waals surface area contributed by atoms with Crippen molar-refractivity contribution in [2.75, 3.05) is 6.54 Å². The number of carbonyl (C=O) groups excluding carboxylic acids is 1. The maximum absolute atomic E-state index is 13.4. The number of hydrogen-bond donors (Lipinski definition) is 0. The average Bonchev–Trinajstić information content (AvgIpc) is 3.14. The van der Waals surface area contributed by atoms with Crippen LogP contribution in [0.1, 0.15) is 36.8 Å². The Morgan fingerprint density at radius 1 is 0.960 bits per heavy atom. The second-order valence-corrected chi connectivity index (χ2v) is 7.64. The van der Waals surface area contributed by atoms with E-state index in [0.717, 1.165) is 36.9 Å². The number of nitrogens with zero attached hydrogens (tertiary/aromatic N) is 1. The molecule has 2 fully saturated rings. The van der Waals surface area contributed by atoms with Gasteiger partial charge in [0.25, 0.3) is 5.91 Å². The highest BCUT2D eigenvalue weighted by Crippen LogP contribution is 2.56. The van der Waals surface area contributed by atoms with Gasteiger partial charge in [-0.25, -0.2) is 0 Å². The Labute approximate surface area is 149 Å². The lowest BCUT2D eigenvalue weighted by Crippen LogP contribution is -2.50. The fraction of sp³-hybridized carbons (Fsp3) is 0.348. The van der Waals surface area contributed by atoms with E-state index < -0.39 is 0 Å². The van der Waals surface area contributed by atoms with Crippen molar-refractivity contribution in [2.24, 2.45) is 5.92 Å². The van der Waals surface area contributed by atoms with Crippen LogP contribution in [0.2, 0.25) is 0 Å². The van der Waals surface area contributed by atoms with Gasteiger partial charge in [-0.15, -0.1) is 0 Å².